The van der Waals surface area contributed by atoms with Crippen molar-refractivity contribution in [1.82, 2.24) is 19.6 Å². The Bertz CT molecular complexity index is 673. The topological polar surface area (TPSA) is 62.4 Å². The van der Waals surface area contributed by atoms with E-state index in [1.165, 1.54) is 0 Å². The number of rotatable bonds is 13. The van der Waals surface area contributed by atoms with Gasteiger partial charge < -0.3 is 20.9 Å². The standard InChI is InChI=1S/C21H38N6/c1-5-25(6-2)14-9-13-23-21-19-17-18(22)11-12-20(19)27(24-21)16-10-15-26(7-3)8-4/h11-12,17H,5-10,13-16,22H2,1-4H3,(H,23,24). The average Bonchev–Trinajstić information content (AvgIpc) is 3.02. The molecule has 1 aromatic heterocycles. The number of nitrogen functional groups attached to an aromatic ring is 1. The van der Waals surface area contributed by atoms with Gasteiger partial charge in [0.1, 0.15) is 0 Å². The minimum absolute atomic E-state index is 0.788. The molecule has 0 saturated heterocycles. The Kier molecular flexibility index (Phi) is 8.88. The number of nitrogens with one attached hydrogen (secondary N) is 1. The summed E-state index contributed by atoms with van der Waals surface area (Å²) in [5, 5.41) is 9.52. The van der Waals surface area contributed by atoms with Crippen LogP contribution in [0.1, 0.15) is 40.5 Å². The lowest BCUT2D eigenvalue weighted by Gasteiger charge is -2.17. The fraction of sp³-hybridized carbons (Fsp3) is 0.667. The summed E-state index contributed by atoms with van der Waals surface area (Å²) in [5.74, 6) is 0.958. The summed E-state index contributed by atoms with van der Waals surface area (Å²) < 4.78 is 2.13. The molecule has 2 aromatic rings. The first-order valence-corrected chi connectivity index (χ1v) is 10.6. The molecule has 0 spiro atoms. The third-order valence-corrected chi connectivity index (χ3v) is 5.35. The normalized spacial score (nSPS) is 11.8. The molecule has 2 rings (SSSR count). The van der Waals surface area contributed by atoms with Crippen molar-refractivity contribution < 1.29 is 0 Å². The van der Waals surface area contributed by atoms with E-state index in [2.05, 4.69) is 53.6 Å². The van der Waals surface area contributed by atoms with E-state index >= 15 is 0 Å². The number of anilines is 2. The fourth-order valence-corrected chi connectivity index (χ4v) is 3.53. The molecule has 0 aliphatic heterocycles. The number of aryl methyl sites for hydroxylation is 1. The molecule has 0 saturated carbocycles. The summed E-state index contributed by atoms with van der Waals surface area (Å²) in [6.45, 7) is 17.4. The van der Waals surface area contributed by atoms with Crippen molar-refractivity contribution in [2.24, 2.45) is 0 Å². The monoisotopic (exact) mass is 374 g/mol. The van der Waals surface area contributed by atoms with Crippen LogP contribution in [0.3, 0.4) is 0 Å². The van der Waals surface area contributed by atoms with E-state index in [-0.39, 0.29) is 0 Å². The summed E-state index contributed by atoms with van der Waals surface area (Å²) >= 11 is 0. The first kappa shape index (κ1) is 21.5. The highest BCUT2D eigenvalue weighted by Crippen LogP contribution is 2.25. The minimum atomic E-state index is 0.788. The van der Waals surface area contributed by atoms with Crippen LogP contribution in [0.2, 0.25) is 0 Å². The lowest BCUT2D eigenvalue weighted by Crippen LogP contribution is -2.25. The maximum atomic E-state index is 6.03. The number of benzene rings is 1. The molecule has 0 fully saturated rings. The van der Waals surface area contributed by atoms with Gasteiger partial charge in [-0.2, -0.15) is 5.10 Å². The van der Waals surface area contributed by atoms with E-state index in [1.54, 1.807) is 0 Å². The van der Waals surface area contributed by atoms with Gasteiger partial charge in [0.15, 0.2) is 5.82 Å². The van der Waals surface area contributed by atoms with Crippen LogP contribution in [0.4, 0.5) is 11.5 Å². The zero-order valence-corrected chi connectivity index (χ0v) is 17.7. The molecule has 0 unspecified atom stereocenters. The maximum Gasteiger partial charge on any atom is 0.156 e. The molecule has 6 nitrogen and oxygen atoms in total. The van der Waals surface area contributed by atoms with Crippen LogP contribution >= 0.6 is 0 Å². The second-order valence-corrected chi connectivity index (χ2v) is 7.04. The maximum absolute atomic E-state index is 6.03. The van der Waals surface area contributed by atoms with Gasteiger partial charge in [-0.1, -0.05) is 27.7 Å². The van der Waals surface area contributed by atoms with Crippen LogP contribution in [0.5, 0.6) is 0 Å². The highest BCUT2D eigenvalue weighted by Gasteiger charge is 2.11. The molecule has 152 valence electrons. The van der Waals surface area contributed by atoms with Gasteiger partial charge in [-0.25, -0.2) is 0 Å². The van der Waals surface area contributed by atoms with Gasteiger partial charge >= 0.3 is 0 Å². The third kappa shape index (κ3) is 6.11. The number of aromatic nitrogens is 2. The van der Waals surface area contributed by atoms with E-state index in [4.69, 9.17) is 10.8 Å². The highest BCUT2D eigenvalue weighted by molar-refractivity contribution is 5.92. The Morgan fingerprint density at radius 2 is 1.59 bits per heavy atom. The third-order valence-electron chi connectivity index (χ3n) is 5.35. The number of nitrogens with zero attached hydrogens (tertiary/aromatic N) is 4. The predicted molar refractivity (Wildman–Crippen MR) is 117 cm³/mol. The van der Waals surface area contributed by atoms with Gasteiger partial charge in [-0.05, 0) is 70.3 Å². The highest BCUT2D eigenvalue weighted by atomic mass is 15.3. The van der Waals surface area contributed by atoms with Crippen molar-refractivity contribution in [3.8, 4) is 0 Å². The van der Waals surface area contributed by atoms with E-state index in [0.717, 1.165) is 87.6 Å². The van der Waals surface area contributed by atoms with E-state index in [0.29, 0.717) is 0 Å². The van der Waals surface area contributed by atoms with Gasteiger partial charge in [0, 0.05) is 24.2 Å². The average molecular weight is 375 g/mol. The summed E-state index contributed by atoms with van der Waals surface area (Å²) in [4.78, 5) is 4.90. The minimum Gasteiger partial charge on any atom is -0.399 e. The molecule has 0 aliphatic carbocycles. The quantitative estimate of drug-likeness (QED) is 0.415. The number of nitrogens with two attached hydrogens (primary N) is 1. The van der Waals surface area contributed by atoms with Gasteiger partial charge in [0.05, 0.1) is 5.52 Å². The second kappa shape index (κ2) is 11.1. The zero-order valence-electron chi connectivity index (χ0n) is 17.7. The van der Waals surface area contributed by atoms with Crippen molar-refractivity contribution in [1.29, 1.82) is 0 Å². The van der Waals surface area contributed by atoms with Crippen LogP contribution in [-0.4, -0.2) is 65.4 Å². The number of hydrogen-bond acceptors (Lipinski definition) is 5. The van der Waals surface area contributed by atoms with Crippen molar-refractivity contribution in [2.45, 2.75) is 47.1 Å². The summed E-state index contributed by atoms with van der Waals surface area (Å²) in [5.41, 5.74) is 7.98. The molecular formula is C21H38N6. The van der Waals surface area contributed by atoms with E-state index in [9.17, 15) is 0 Å². The van der Waals surface area contributed by atoms with Crippen molar-refractivity contribution >= 4 is 22.4 Å². The Morgan fingerprint density at radius 3 is 2.22 bits per heavy atom. The van der Waals surface area contributed by atoms with Crippen molar-refractivity contribution in [3.63, 3.8) is 0 Å². The van der Waals surface area contributed by atoms with Gasteiger partial charge in [0.25, 0.3) is 0 Å². The lowest BCUT2D eigenvalue weighted by atomic mass is 10.2. The van der Waals surface area contributed by atoms with E-state index in [1.807, 2.05) is 12.1 Å². The van der Waals surface area contributed by atoms with Gasteiger partial charge in [0.2, 0.25) is 0 Å². The Hall–Kier alpha value is -1.79. The predicted octanol–water partition coefficient (Wildman–Crippen LogP) is 3.49. The first-order chi connectivity index (χ1) is 13.1. The fourth-order valence-electron chi connectivity index (χ4n) is 3.53. The summed E-state index contributed by atoms with van der Waals surface area (Å²) in [7, 11) is 0. The molecule has 0 atom stereocenters. The first-order valence-electron chi connectivity index (χ1n) is 10.6. The van der Waals surface area contributed by atoms with Gasteiger partial charge in [-0.3, -0.25) is 4.68 Å². The largest absolute Gasteiger partial charge is 0.399 e. The Morgan fingerprint density at radius 1 is 0.963 bits per heavy atom. The summed E-state index contributed by atoms with van der Waals surface area (Å²) in [6, 6.07) is 6.10. The van der Waals surface area contributed by atoms with Crippen molar-refractivity contribution in [2.75, 3.05) is 56.9 Å². The van der Waals surface area contributed by atoms with Gasteiger partial charge in [-0.15, -0.1) is 0 Å². The van der Waals surface area contributed by atoms with Crippen LogP contribution in [0.25, 0.3) is 10.9 Å². The second-order valence-electron chi connectivity index (χ2n) is 7.04. The smallest absolute Gasteiger partial charge is 0.156 e. The molecule has 0 aliphatic rings. The molecule has 0 bridgehead atoms. The van der Waals surface area contributed by atoms with E-state index < -0.39 is 0 Å². The number of fused-ring (bicyclic) bond motifs is 1. The van der Waals surface area contributed by atoms with Crippen LogP contribution in [0, 0.1) is 0 Å². The Labute approximate surface area is 164 Å². The molecular weight excluding hydrogens is 336 g/mol. The summed E-state index contributed by atoms with van der Waals surface area (Å²) in [6.07, 6.45) is 2.21. The molecule has 27 heavy (non-hydrogen) atoms. The van der Waals surface area contributed by atoms with Crippen LogP contribution < -0.4 is 11.1 Å². The van der Waals surface area contributed by atoms with Crippen molar-refractivity contribution in [3.05, 3.63) is 18.2 Å². The molecule has 1 aromatic carbocycles. The molecule has 0 amide bonds. The SMILES string of the molecule is CCN(CC)CCCNc1nn(CCCN(CC)CC)c2ccc(N)cc12. The molecule has 3 N–H and O–H groups in total. The molecule has 1 heterocycles. The lowest BCUT2D eigenvalue weighted by molar-refractivity contribution is 0.292. The Balaban J connectivity index is 2.02. The zero-order chi connectivity index (χ0) is 19.6. The number of hydrogen-bond donors (Lipinski definition) is 2. The van der Waals surface area contributed by atoms with Crippen LogP contribution in [-0.2, 0) is 6.54 Å². The molecule has 6 heteroatoms. The molecule has 0 radical (unpaired) electrons. The van der Waals surface area contributed by atoms with Crippen LogP contribution in [0.15, 0.2) is 18.2 Å².